The zero-order valence-electron chi connectivity index (χ0n) is 12.3. The summed E-state index contributed by atoms with van der Waals surface area (Å²) in [7, 11) is 0. The minimum absolute atomic E-state index is 0.0642. The van der Waals surface area contributed by atoms with E-state index in [0.717, 1.165) is 19.4 Å². The molecular formula is C16H22N2O3. The molecule has 0 fully saturated rings. The number of amides is 2. The van der Waals surface area contributed by atoms with Gasteiger partial charge in [-0.25, -0.2) is 4.79 Å². The molecule has 5 nitrogen and oxygen atoms in total. The molecule has 0 radical (unpaired) electrons. The summed E-state index contributed by atoms with van der Waals surface area (Å²) in [5.74, 6) is -0.897. The van der Waals surface area contributed by atoms with Gasteiger partial charge in [-0.05, 0) is 29.9 Å². The smallest absolute Gasteiger partial charge is 0.317 e. The lowest BCUT2D eigenvalue weighted by atomic mass is 10.0. The van der Waals surface area contributed by atoms with Gasteiger partial charge in [-0.3, -0.25) is 4.79 Å². The summed E-state index contributed by atoms with van der Waals surface area (Å²) in [6, 6.07) is 8.10. The summed E-state index contributed by atoms with van der Waals surface area (Å²) in [6.07, 6.45) is 2.02. The van der Waals surface area contributed by atoms with Gasteiger partial charge < -0.3 is 15.3 Å². The van der Waals surface area contributed by atoms with Crippen LogP contribution in [-0.4, -0.2) is 35.1 Å². The van der Waals surface area contributed by atoms with Gasteiger partial charge in [-0.2, -0.15) is 0 Å². The van der Waals surface area contributed by atoms with Crippen LogP contribution in [-0.2, 0) is 17.8 Å². The van der Waals surface area contributed by atoms with Gasteiger partial charge in [-0.15, -0.1) is 0 Å². The van der Waals surface area contributed by atoms with Crippen molar-refractivity contribution >= 4 is 12.0 Å². The zero-order valence-corrected chi connectivity index (χ0v) is 12.3. The lowest BCUT2D eigenvalue weighted by molar-refractivity contribution is -0.137. The minimum atomic E-state index is -0.833. The first-order chi connectivity index (χ1) is 10.1. The van der Waals surface area contributed by atoms with Crippen molar-refractivity contribution in [3.05, 3.63) is 35.4 Å². The molecule has 1 heterocycles. The van der Waals surface area contributed by atoms with Crippen molar-refractivity contribution in [1.29, 1.82) is 0 Å². The predicted molar refractivity (Wildman–Crippen MR) is 80.0 cm³/mol. The number of fused-ring (bicyclic) bond motifs is 1. The van der Waals surface area contributed by atoms with Crippen LogP contribution in [0.5, 0.6) is 0 Å². The van der Waals surface area contributed by atoms with Crippen molar-refractivity contribution in [3.63, 3.8) is 0 Å². The first-order valence-electron chi connectivity index (χ1n) is 7.37. The fourth-order valence-electron chi connectivity index (χ4n) is 2.62. The zero-order chi connectivity index (χ0) is 15.2. The molecule has 0 saturated heterocycles. The predicted octanol–water partition coefficient (Wildman–Crippen LogP) is 2.26. The molecule has 0 spiro atoms. The summed E-state index contributed by atoms with van der Waals surface area (Å²) in [4.78, 5) is 24.6. The third-order valence-electron chi connectivity index (χ3n) is 3.77. The van der Waals surface area contributed by atoms with Crippen molar-refractivity contribution in [3.8, 4) is 0 Å². The molecule has 2 amide bonds. The van der Waals surface area contributed by atoms with E-state index in [-0.39, 0.29) is 18.4 Å². The van der Waals surface area contributed by atoms with Crippen LogP contribution in [0.1, 0.15) is 30.9 Å². The summed E-state index contributed by atoms with van der Waals surface area (Å²) in [5, 5.41) is 11.6. The number of carbonyl (C=O) groups is 2. The molecule has 1 atom stereocenters. The fourth-order valence-corrected chi connectivity index (χ4v) is 2.62. The average molecular weight is 290 g/mol. The Morgan fingerprint density at radius 2 is 2.05 bits per heavy atom. The third-order valence-corrected chi connectivity index (χ3v) is 3.77. The minimum Gasteiger partial charge on any atom is -0.481 e. The molecule has 1 unspecified atom stereocenters. The summed E-state index contributed by atoms with van der Waals surface area (Å²) in [5.41, 5.74) is 2.51. The molecule has 21 heavy (non-hydrogen) atoms. The van der Waals surface area contributed by atoms with Crippen LogP contribution in [0.4, 0.5) is 4.79 Å². The number of carboxylic acid groups (broad SMARTS) is 1. The van der Waals surface area contributed by atoms with Crippen LogP contribution >= 0.6 is 0 Å². The maximum atomic E-state index is 12.2. The van der Waals surface area contributed by atoms with E-state index in [1.165, 1.54) is 11.1 Å². The van der Waals surface area contributed by atoms with Gasteiger partial charge in [0.15, 0.2) is 0 Å². The van der Waals surface area contributed by atoms with Gasteiger partial charge in [0.05, 0.1) is 0 Å². The molecule has 1 aliphatic rings. The molecule has 114 valence electrons. The van der Waals surface area contributed by atoms with Gasteiger partial charge in [0.1, 0.15) is 0 Å². The highest BCUT2D eigenvalue weighted by atomic mass is 16.4. The fraction of sp³-hybridized carbons (Fsp3) is 0.500. The van der Waals surface area contributed by atoms with Gasteiger partial charge >= 0.3 is 12.0 Å². The maximum absolute atomic E-state index is 12.2. The Kier molecular flexibility index (Phi) is 5.20. The van der Waals surface area contributed by atoms with E-state index in [2.05, 4.69) is 17.4 Å². The van der Waals surface area contributed by atoms with E-state index in [0.29, 0.717) is 13.1 Å². The summed E-state index contributed by atoms with van der Waals surface area (Å²) in [6.45, 7) is 3.57. The van der Waals surface area contributed by atoms with Crippen molar-refractivity contribution in [2.45, 2.75) is 32.7 Å². The van der Waals surface area contributed by atoms with E-state index >= 15 is 0 Å². The number of aliphatic carboxylic acids is 1. The van der Waals surface area contributed by atoms with Crippen molar-refractivity contribution in [2.75, 3.05) is 13.1 Å². The van der Waals surface area contributed by atoms with Gasteiger partial charge in [0.2, 0.25) is 0 Å². The van der Waals surface area contributed by atoms with E-state index in [9.17, 15) is 9.59 Å². The molecule has 1 aromatic carbocycles. The van der Waals surface area contributed by atoms with Gasteiger partial charge in [0.25, 0.3) is 0 Å². The van der Waals surface area contributed by atoms with Crippen LogP contribution in [0.2, 0.25) is 0 Å². The maximum Gasteiger partial charge on any atom is 0.317 e. The van der Waals surface area contributed by atoms with Crippen molar-refractivity contribution < 1.29 is 14.7 Å². The lowest BCUT2D eigenvalue weighted by Gasteiger charge is -2.22. The highest BCUT2D eigenvalue weighted by molar-refractivity contribution is 5.74. The second kappa shape index (κ2) is 7.11. The number of urea groups is 1. The molecule has 5 heteroatoms. The molecule has 2 rings (SSSR count). The highest BCUT2D eigenvalue weighted by Crippen LogP contribution is 2.18. The Labute approximate surface area is 125 Å². The lowest BCUT2D eigenvalue weighted by Crippen LogP contribution is -2.41. The number of hydrogen-bond acceptors (Lipinski definition) is 2. The Hall–Kier alpha value is -2.04. The topological polar surface area (TPSA) is 69.6 Å². The molecule has 0 aromatic heterocycles. The van der Waals surface area contributed by atoms with E-state index in [4.69, 9.17) is 5.11 Å². The van der Waals surface area contributed by atoms with Crippen LogP contribution in [0.3, 0.4) is 0 Å². The third kappa shape index (κ3) is 4.48. The number of nitrogens with zero attached hydrogens (tertiary/aromatic N) is 1. The second-order valence-electron chi connectivity index (χ2n) is 5.68. The number of rotatable bonds is 4. The van der Waals surface area contributed by atoms with Crippen LogP contribution in [0, 0.1) is 5.92 Å². The number of benzene rings is 1. The highest BCUT2D eigenvalue weighted by Gasteiger charge is 2.19. The normalized spacial score (nSPS) is 15.8. The SMILES string of the molecule is CC(CNC(=O)N1CCCc2ccccc2C1)CC(=O)O. The molecule has 1 aromatic rings. The number of hydrogen-bond donors (Lipinski definition) is 2. The van der Waals surface area contributed by atoms with Crippen molar-refractivity contribution in [2.24, 2.45) is 5.92 Å². The van der Waals surface area contributed by atoms with Gasteiger partial charge in [-0.1, -0.05) is 31.2 Å². The first-order valence-corrected chi connectivity index (χ1v) is 7.37. The Balaban J connectivity index is 1.90. The first kappa shape index (κ1) is 15.4. The van der Waals surface area contributed by atoms with E-state index in [1.54, 1.807) is 4.90 Å². The van der Waals surface area contributed by atoms with Crippen LogP contribution in [0.25, 0.3) is 0 Å². The quantitative estimate of drug-likeness (QED) is 0.893. The van der Waals surface area contributed by atoms with Gasteiger partial charge in [0, 0.05) is 26.1 Å². The molecule has 0 bridgehead atoms. The van der Waals surface area contributed by atoms with E-state index in [1.807, 2.05) is 19.1 Å². The standard InChI is InChI=1S/C16H22N2O3/c1-12(9-15(19)20)10-17-16(21)18-8-4-7-13-5-2-3-6-14(13)11-18/h2-3,5-6,12H,4,7-11H2,1H3,(H,17,21)(H,19,20). The molecule has 0 aliphatic carbocycles. The Morgan fingerprint density at radius 3 is 2.76 bits per heavy atom. The summed E-state index contributed by atoms with van der Waals surface area (Å²) < 4.78 is 0. The van der Waals surface area contributed by atoms with Crippen LogP contribution < -0.4 is 5.32 Å². The van der Waals surface area contributed by atoms with E-state index < -0.39 is 5.97 Å². The molecule has 0 saturated carbocycles. The molecular weight excluding hydrogens is 268 g/mol. The number of nitrogens with one attached hydrogen (secondary N) is 1. The number of carboxylic acids is 1. The number of carbonyl (C=O) groups excluding carboxylic acids is 1. The second-order valence-corrected chi connectivity index (χ2v) is 5.68. The Morgan fingerprint density at radius 1 is 1.33 bits per heavy atom. The molecule has 1 aliphatic heterocycles. The Bertz CT molecular complexity index is 516. The monoisotopic (exact) mass is 290 g/mol. The largest absolute Gasteiger partial charge is 0.481 e. The van der Waals surface area contributed by atoms with Crippen LogP contribution in [0.15, 0.2) is 24.3 Å². The number of aryl methyl sites for hydroxylation is 1. The van der Waals surface area contributed by atoms with Crippen molar-refractivity contribution in [1.82, 2.24) is 10.2 Å². The summed E-state index contributed by atoms with van der Waals surface area (Å²) >= 11 is 0. The molecule has 2 N–H and O–H groups in total. The average Bonchev–Trinajstić information content (AvgIpc) is 2.66.